The molecule has 0 radical (unpaired) electrons. The standard InChI is InChI=1S/C17H21N5O2/c1-4-5-13-9-15(23)22-17(19-13)20-16(21-22)18-10-12-6-7-14(24-3)8-11(12)2/h6-9H,4-5,10H2,1-3H3,(H2,18,19,20,21). The Bertz CT molecular complexity index is 913. The van der Waals surface area contributed by atoms with E-state index in [9.17, 15) is 4.79 Å². The van der Waals surface area contributed by atoms with Crippen LogP contribution in [0.2, 0.25) is 0 Å². The molecule has 0 atom stereocenters. The molecular weight excluding hydrogens is 306 g/mol. The quantitative estimate of drug-likeness (QED) is 0.726. The molecule has 7 heteroatoms. The van der Waals surface area contributed by atoms with E-state index in [2.05, 4.69) is 27.3 Å². The number of hydrogen-bond donors (Lipinski definition) is 2. The molecular formula is C17H21N5O2. The number of aromatic amines is 1. The maximum Gasteiger partial charge on any atom is 0.275 e. The van der Waals surface area contributed by atoms with Gasteiger partial charge in [0, 0.05) is 18.3 Å². The number of benzene rings is 1. The molecule has 2 aromatic heterocycles. The van der Waals surface area contributed by atoms with Crippen LogP contribution in [-0.2, 0) is 13.0 Å². The van der Waals surface area contributed by atoms with Crippen molar-refractivity contribution in [1.29, 1.82) is 0 Å². The Labute approximate surface area is 139 Å². The molecule has 2 N–H and O–H groups in total. The number of aryl methyl sites for hydroxylation is 2. The number of methoxy groups -OCH3 is 1. The molecule has 7 nitrogen and oxygen atoms in total. The van der Waals surface area contributed by atoms with Gasteiger partial charge in [-0.3, -0.25) is 4.79 Å². The van der Waals surface area contributed by atoms with Crippen molar-refractivity contribution in [2.75, 3.05) is 12.4 Å². The molecule has 0 spiro atoms. The third-order valence-corrected chi connectivity index (χ3v) is 3.89. The van der Waals surface area contributed by atoms with Gasteiger partial charge in [-0.2, -0.15) is 9.50 Å². The Morgan fingerprint density at radius 3 is 2.88 bits per heavy atom. The zero-order chi connectivity index (χ0) is 17.1. The summed E-state index contributed by atoms with van der Waals surface area (Å²) in [6.45, 7) is 4.66. The molecule has 0 bridgehead atoms. The van der Waals surface area contributed by atoms with E-state index >= 15 is 0 Å². The summed E-state index contributed by atoms with van der Waals surface area (Å²) in [7, 11) is 1.65. The summed E-state index contributed by atoms with van der Waals surface area (Å²) in [5.74, 6) is 1.71. The van der Waals surface area contributed by atoms with Crippen molar-refractivity contribution in [3.8, 4) is 5.75 Å². The highest BCUT2D eigenvalue weighted by Crippen LogP contribution is 2.17. The van der Waals surface area contributed by atoms with Gasteiger partial charge in [0.05, 0.1) is 7.11 Å². The van der Waals surface area contributed by atoms with Crippen molar-refractivity contribution in [3.05, 3.63) is 51.4 Å². The lowest BCUT2D eigenvalue weighted by atomic mass is 10.1. The van der Waals surface area contributed by atoms with Crippen LogP contribution in [0.5, 0.6) is 5.75 Å². The minimum atomic E-state index is -0.173. The van der Waals surface area contributed by atoms with Crippen molar-refractivity contribution in [2.24, 2.45) is 0 Å². The Morgan fingerprint density at radius 1 is 1.33 bits per heavy atom. The third kappa shape index (κ3) is 3.24. The lowest BCUT2D eigenvalue weighted by molar-refractivity contribution is 0.414. The Kier molecular flexibility index (Phi) is 4.50. The van der Waals surface area contributed by atoms with Gasteiger partial charge in [-0.05, 0) is 36.6 Å². The number of fused-ring (bicyclic) bond motifs is 1. The SMILES string of the molecule is CCCc1cc(=O)n2nc(NCc3ccc(OC)cc3C)nc2[nH]1. The van der Waals surface area contributed by atoms with Crippen LogP contribution >= 0.6 is 0 Å². The van der Waals surface area contributed by atoms with Gasteiger partial charge in [-0.25, -0.2) is 0 Å². The van der Waals surface area contributed by atoms with Crippen LogP contribution in [0.3, 0.4) is 0 Å². The van der Waals surface area contributed by atoms with Gasteiger partial charge in [-0.15, -0.1) is 5.10 Å². The molecule has 3 rings (SSSR count). The minimum Gasteiger partial charge on any atom is -0.497 e. The molecule has 0 saturated heterocycles. The molecule has 0 fully saturated rings. The number of H-pyrrole nitrogens is 1. The fourth-order valence-corrected chi connectivity index (χ4v) is 2.58. The summed E-state index contributed by atoms with van der Waals surface area (Å²) in [6, 6.07) is 7.47. The van der Waals surface area contributed by atoms with Gasteiger partial charge in [0.1, 0.15) is 5.75 Å². The zero-order valence-electron chi connectivity index (χ0n) is 14.1. The van der Waals surface area contributed by atoms with Crippen molar-refractivity contribution in [3.63, 3.8) is 0 Å². The first-order chi connectivity index (χ1) is 11.6. The lowest BCUT2D eigenvalue weighted by Gasteiger charge is -2.08. The maximum atomic E-state index is 12.1. The third-order valence-electron chi connectivity index (χ3n) is 3.89. The summed E-state index contributed by atoms with van der Waals surface area (Å²) in [5.41, 5.74) is 2.94. The van der Waals surface area contributed by atoms with Crippen LogP contribution in [0.15, 0.2) is 29.1 Å². The Morgan fingerprint density at radius 2 is 2.17 bits per heavy atom. The van der Waals surface area contributed by atoms with Crippen LogP contribution in [-0.4, -0.2) is 26.7 Å². The Hall–Kier alpha value is -2.83. The number of aromatic nitrogens is 4. The van der Waals surface area contributed by atoms with Gasteiger partial charge in [0.25, 0.3) is 5.56 Å². The average molecular weight is 327 g/mol. The molecule has 0 aliphatic rings. The Balaban J connectivity index is 1.80. The molecule has 0 saturated carbocycles. The van der Waals surface area contributed by atoms with E-state index < -0.39 is 0 Å². The number of rotatable bonds is 6. The molecule has 2 heterocycles. The van der Waals surface area contributed by atoms with E-state index in [4.69, 9.17) is 4.74 Å². The number of ether oxygens (including phenoxy) is 1. The fourth-order valence-electron chi connectivity index (χ4n) is 2.58. The normalized spacial score (nSPS) is 11.0. The van der Waals surface area contributed by atoms with E-state index in [1.54, 1.807) is 13.2 Å². The lowest BCUT2D eigenvalue weighted by Crippen LogP contribution is -2.15. The van der Waals surface area contributed by atoms with Crippen molar-refractivity contribution in [1.82, 2.24) is 19.6 Å². The van der Waals surface area contributed by atoms with Crippen LogP contribution in [0.1, 0.15) is 30.2 Å². The zero-order valence-corrected chi connectivity index (χ0v) is 14.1. The van der Waals surface area contributed by atoms with E-state index in [0.717, 1.165) is 35.4 Å². The van der Waals surface area contributed by atoms with Gasteiger partial charge in [-0.1, -0.05) is 19.4 Å². The van der Waals surface area contributed by atoms with Crippen molar-refractivity contribution >= 4 is 11.7 Å². The second kappa shape index (κ2) is 6.74. The van der Waals surface area contributed by atoms with E-state index in [1.807, 2.05) is 25.1 Å². The smallest absolute Gasteiger partial charge is 0.275 e. The highest BCUT2D eigenvalue weighted by molar-refractivity contribution is 5.40. The first-order valence-corrected chi connectivity index (χ1v) is 7.97. The number of nitrogens with zero attached hydrogens (tertiary/aromatic N) is 3. The molecule has 0 unspecified atom stereocenters. The van der Waals surface area contributed by atoms with E-state index in [0.29, 0.717) is 18.3 Å². The van der Waals surface area contributed by atoms with E-state index in [-0.39, 0.29) is 5.56 Å². The molecule has 1 aromatic carbocycles. The first-order valence-electron chi connectivity index (χ1n) is 7.97. The second-order valence-electron chi connectivity index (χ2n) is 5.70. The highest BCUT2D eigenvalue weighted by atomic mass is 16.5. The second-order valence-corrected chi connectivity index (χ2v) is 5.70. The minimum absolute atomic E-state index is 0.173. The number of hydrogen-bond acceptors (Lipinski definition) is 5. The van der Waals surface area contributed by atoms with Crippen LogP contribution < -0.4 is 15.6 Å². The predicted molar refractivity (Wildman–Crippen MR) is 92.7 cm³/mol. The fraction of sp³-hybridized carbons (Fsp3) is 0.353. The number of nitrogens with one attached hydrogen (secondary N) is 2. The van der Waals surface area contributed by atoms with Crippen LogP contribution in [0.25, 0.3) is 5.78 Å². The summed E-state index contributed by atoms with van der Waals surface area (Å²) < 4.78 is 6.49. The summed E-state index contributed by atoms with van der Waals surface area (Å²) in [4.78, 5) is 19.6. The van der Waals surface area contributed by atoms with E-state index in [1.165, 1.54) is 4.52 Å². The predicted octanol–water partition coefficient (Wildman–Crippen LogP) is 2.30. The molecule has 126 valence electrons. The van der Waals surface area contributed by atoms with Crippen LogP contribution in [0, 0.1) is 6.92 Å². The van der Waals surface area contributed by atoms with Gasteiger partial charge >= 0.3 is 0 Å². The van der Waals surface area contributed by atoms with Crippen molar-refractivity contribution in [2.45, 2.75) is 33.2 Å². The maximum absolute atomic E-state index is 12.1. The highest BCUT2D eigenvalue weighted by Gasteiger charge is 2.08. The van der Waals surface area contributed by atoms with Gasteiger partial charge in [0.15, 0.2) is 0 Å². The summed E-state index contributed by atoms with van der Waals surface area (Å²) in [5, 5.41) is 7.38. The molecule has 0 amide bonds. The molecule has 0 aliphatic heterocycles. The summed E-state index contributed by atoms with van der Waals surface area (Å²) >= 11 is 0. The van der Waals surface area contributed by atoms with Gasteiger partial charge < -0.3 is 15.0 Å². The van der Waals surface area contributed by atoms with Crippen molar-refractivity contribution < 1.29 is 4.74 Å². The molecule has 3 aromatic rings. The van der Waals surface area contributed by atoms with Crippen LogP contribution in [0.4, 0.5) is 5.95 Å². The topological polar surface area (TPSA) is 84.3 Å². The molecule has 24 heavy (non-hydrogen) atoms. The first kappa shape index (κ1) is 16.0. The largest absolute Gasteiger partial charge is 0.497 e. The monoisotopic (exact) mass is 327 g/mol. The summed E-state index contributed by atoms with van der Waals surface area (Å²) in [6.07, 6.45) is 1.77. The average Bonchev–Trinajstić information content (AvgIpc) is 2.97. The number of anilines is 1. The van der Waals surface area contributed by atoms with Gasteiger partial charge in [0.2, 0.25) is 11.7 Å². The molecule has 0 aliphatic carbocycles.